The number of hydrogen-bond donors (Lipinski definition) is 1. The number of hydrogen-bond acceptors (Lipinski definition) is 4. The van der Waals surface area contributed by atoms with Crippen molar-refractivity contribution in [1.82, 2.24) is 10.3 Å². The molecule has 1 heterocycles. The monoisotopic (exact) mass is 286 g/mol. The third-order valence-electron chi connectivity index (χ3n) is 2.04. The molecule has 1 rings (SSSR count). The molecular weight excluding hydrogens is 272 g/mol. The molecule has 0 aliphatic rings. The largest absolute Gasteiger partial charge is 0.469 e. The van der Waals surface area contributed by atoms with E-state index in [0.29, 0.717) is 13.0 Å². The molecule has 0 unspecified atom stereocenters. The lowest BCUT2D eigenvalue weighted by Crippen LogP contribution is -2.16. The van der Waals surface area contributed by atoms with E-state index in [9.17, 15) is 4.79 Å². The molecule has 0 aliphatic heterocycles. The molecule has 0 aliphatic carbocycles. The van der Waals surface area contributed by atoms with Crippen LogP contribution in [0, 0.1) is 0 Å². The van der Waals surface area contributed by atoms with Gasteiger partial charge in [0.2, 0.25) is 0 Å². The van der Waals surface area contributed by atoms with Gasteiger partial charge < -0.3 is 10.1 Å². The zero-order valence-corrected chi connectivity index (χ0v) is 10.8. The molecule has 0 aromatic carbocycles. The lowest BCUT2D eigenvalue weighted by atomic mass is 10.3. The van der Waals surface area contributed by atoms with Crippen LogP contribution in [-0.4, -0.2) is 24.6 Å². The van der Waals surface area contributed by atoms with Crippen molar-refractivity contribution in [3.8, 4) is 0 Å². The van der Waals surface area contributed by atoms with Gasteiger partial charge in [-0.2, -0.15) is 0 Å². The molecule has 0 amide bonds. The van der Waals surface area contributed by atoms with E-state index in [0.717, 1.165) is 23.3 Å². The molecule has 0 radical (unpaired) electrons. The lowest BCUT2D eigenvalue weighted by molar-refractivity contribution is -0.140. The summed E-state index contributed by atoms with van der Waals surface area (Å²) in [5.74, 6) is -0.164. The van der Waals surface area contributed by atoms with Crippen molar-refractivity contribution in [2.45, 2.75) is 19.4 Å². The van der Waals surface area contributed by atoms with Gasteiger partial charge in [0.1, 0.15) is 4.60 Å². The van der Waals surface area contributed by atoms with E-state index in [1.807, 2.05) is 18.2 Å². The fraction of sp³-hybridized carbons (Fsp3) is 0.455. The maximum absolute atomic E-state index is 10.8. The maximum atomic E-state index is 10.8. The van der Waals surface area contributed by atoms with Gasteiger partial charge in [0.15, 0.2) is 0 Å². The van der Waals surface area contributed by atoms with Crippen molar-refractivity contribution in [2.75, 3.05) is 13.7 Å². The molecule has 0 spiro atoms. The predicted octanol–water partition coefficient (Wildman–Crippen LogP) is 1.89. The summed E-state index contributed by atoms with van der Waals surface area (Å²) in [7, 11) is 1.40. The zero-order valence-electron chi connectivity index (χ0n) is 9.20. The van der Waals surface area contributed by atoms with Crippen LogP contribution in [0.3, 0.4) is 0 Å². The summed E-state index contributed by atoms with van der Waals surface area (Å²) in [6.45, 7) is 1.49. The first-order valence-electron chi connectivity index (χ1n) is 5.11. The third kappa shape index (κ3) is 5.23. The molecule has 0 bridgehead atoms. The fourth-order valence-corrected chi connectivity index (χ4v) is 1.61. The minimum absolute atomic E-state index is 0.164. The summed E-state index contributed by atoms with van der Waals surface area (Å²) in [5, 5.41) is 3.22. The Morgan fingerprint density at radius 1 is 1.56 bits per heavy atom. The third-order valence-corrected chi connectivity index (χ3v) is 2.48. The first-order valence-corrected chi connectivity index (χ1v) is 5.90. The average molecular weight is 287 g/mol. The van der Waals surface area contributed by atoms with E-state index in [2.05, 4.69) is 31.0 Å². The Bertz CT molecular complexity index is 345. The highest BCUT2D eigenvalue weighted by molar-refractivity contribution is 9.10. The molecule has 1 aromatic heterocycles. The number of esters is 1. The van der Waals surface area contributed by atoms with Crippen molar-refractivity contribution >= 4 is 21.9 Å². The smallest absolute Gasteiger partial charge is 0.305 e. The Balaban J connectivity index is 2.14. The van der Waals surface area contributed by atoms with Crippen LogP contribution in [0.2, 0.25) is 0 Å². The number of aromatic nitrogens is 1. The second kappa shape index (κ2) is 7.35. The van der Waals surface area contributed by atoms with Gasteiger partial charge in [0.05, 0.1) is 12.8 Å². The number of nitrogens with zero attached hydrogens (tertiary/aromatic N) is 1. The van der Waals surface area contributed by atoms with E-state index in [1.165, 1.54) is 7.11 Å². The van der Waals surface area contributed by atoms with Gasteiger partial charge in [0, 0.05) is 13.0 Å². The van der Waals surface area contributed by atoms with Crippen molar-refractivity contribution in [2.24, 2.45) is 0 Å². The van der Waals surface area contributed by atoms with Crippen molar-refractivity contribution in [1.29, 1.82) is 0 Å². The van der Waals surface area contributed by atoms with E-state index in [-0.39, 0.29) is 5.97 Å². The van der Waals surface area contributed by atoms with Crippen LogP contribution in [0.15, 0.2) is 22.8 Å². The summed E-state index contributed by atoms with van der Waals surface area (Å²) >= 11 is 3.31. The van der Waals surface area contributed by atoms with Crippen molar-refractivity contribution in [3.05, 3.63) is 28.5 Å². The summed E-state index contributed by atoms with van der Waals surface area (Å²) in [5.41, 5.74) is 0.979. The van der Waals surface area contributed by atoms with Crippen LogP contribution >= 0.6 is 15.9 Å². The van der Waals surface area contributed by atoms with Gasteiger partial charge in [0.25, 0.3) is 0 Å². The second-order valence-electron chi connectivity index (χ2n) is 3.31. The van der Waals surface area contributed by atoms with Crippen LogP contribution in [-0.2, 0) is 16.1 Å². The summed E-state index contributed by atoms with van der Waals surface area (Å²) in [6, 6.07) is 5.79. The van der Waals surface area contributed by atoms with Crippen molar-refractivity contribution < 1.29 is 9.53 Å². The number of pyridine rings is 1. The standard InChI is InChI=1S/C11H15BrN2O2/c1-16-11(15)6-3-7-13-8-9-4-2-5-10(12)14-9/h2,4-5,13H,3,6-8H2,1H3. The lowest BCUT2D eigenvalue weighted by Gasteiger charge is -2.04. The predicted molar refractivity (Wildman–Crippen MR) is 64.9 cm³/mol. The van der Waals surface area contributed by atoms with Gasteiger partial charge in [-0.1, -0.05) is 6.07 Å². The highest BCUT2D eigenvalue weighted by Gasteiger charge is 1.99. The van der Waals surface area contributed by atoms with Crippen molar-refractivity contribution in [3.63, 3.8) is 0 Å². The molecule has 88 valence electrons. The number of carbonyl (C=O) groups excluding carboxylic acids is 1. The SMILES string of the molecule is COC(=O)CCCNCc1cccc(Br)n1. The summed E-state index contributed by atoms with van der Waals surface area (Å²) < 4.78 is 5.38. The van der Waals surface area contributed by atoms with E-state index < -0.39 is 0 Å². The molecule has 0 saturated carbocycles. The maximum Gasteiger partial charge on any atom is 0.305 e. The first-order chi connectivity index (χ1) is 7.72. The molecule has 0 saturated heterocycles. The Kier molecular flexibility index (Phi) is 6.03. The zero-order chi connectivity index (χ0) is 11.8. The van der Waals surface area contributed by atoms with Crippen LogP contribution in [0.1, 0.15) is 18.5 Å². The van der Waals surface area contributed by atoms with Crippen LogP contribution < -0.4 is 5.32 Å². The Labute approximate surface area is 104 Å². The average Bonchev–Trinajstić information content (AvgIpc) is 2.28. The number of nitrogens with one attached hydrogen (secondary N) is 1. The molecule has 4 nitrogen and oxygen atoms in total. The summed E-state index contributed by atoms with van der Waals surface area (Å²) in [4.78, 5) is 15.1. The molecule has 0 atom stereocenters. The highest BCUT2D eigenvalue weighted by Crippen LogP contribution is 2.05. The number of methoxy groups -OCH3 is 1. The number of ether oxygens (including phenoxy) is 1. The number of halogens is 1. The minimum Gasteiger partial charge on any atom is -0.469 e. The van der Waals surface area contributed by atoms with Crippen LogP contribution in [0.25, 0.3) is 0 Å². The van der Waals surface area contributed by atoms with Crippen LogP contribution in [0.5, 0.6) is 0 Å². The molecule has 1 aromatic rings. The van der Waals surface area contributed by atoms with E-state index in [4.69, 9.17) is 0 Å². The molecule has 0 fully saturated rings. The van der Waals surface area contributed by atoms with Gasteiger partial charge in [-0.05, 0) is 41.0 Å². The highest BCUT2D eigenvalue weighted by atomic mass is 79.9. The molecule has 5 heteroatoms. The normalized spacial score (nSPS) is 10.1. The van der Waals surface area contributed by atoms with Crippen LogP contribution in [0.4, 0.5) is 0 Å². The van der Waals surface area contributed by atoms with Gasteiger partial charge in [-0.15, -0.1) is 0 Å². The van der Waals surface area contributed by atoms with E-state index >= 15 is 0 Å². The quantitative estimate of drug-likeness (QED) is 0.493. The Morgan fingerprint density at radius 3 is 3.06 bits per heavy atom. The second-order valence-corrected chi connectivity index (χ2v) is 4.12. The molecular formula is C11H15BrN2O2. The Morgan fingerprint density at radius 2 is 2.38 bits per heavy atom. The number of rotatable bonds is 6. The van der Waals surface area contributed by atoms with Gasteiger partial charge in [-0.25, -0.2) is 4.98 Å². The topological polar surface area (TPSA) is 51.2 Å². The Hall–Kier alpha value is -0.940. The molecule has 1 N–H and O–H groups in total. The first kappa shape index (κ1) is 13.1. The van der Waals surface area contributed by atoms with Gasteiger partial charge in [-0.3, -0.25) is 4.79 Å². The fourth-order valence-electron chi connectivity index (χ4n) is 1.23. The number of carbonyl (C=O) groups is 1. The summed E-state index contributed by atoms with van der Waals surface area (Å²) in [6.07, 6.45) is 1.23. The minimum atomic E-state index is -0.164. The van der Waals surface area contributed by atoms with Gasteiger partial charge >= 0.3 is 5.97 Å². The van der Waals surface area contributed by atoms with E-state index in [1.54, 1.807) is 0 Å². The molecule has 16 heavy (non-hydrogen) atoms.